The largest absolute Gasteiger partial charge is 0.348 e. The van der Waals surface area contributed by atoms with Crippen LogP contribution in [0.15, 0.2) is 59.5 Å². The van der Waals surface area contributed by atoms with E-state index in [9.17, 15) is 9.59 Å². The molecule has 0 aliphatic heterocycles. The van der Waals surface area contributed by atoms with E-state index in [-0.39, 0.29) is 11.5 Å². The van der Waals surface area contributed by atoms with E-state index in [2.05, 4.69) is 15.3 Å². The first kappa shape index (κ1) is 16.9. The van der Waals surface area contributed by atoms with E-state index < -0.39 is 0 Å². The van der Waals surface area contributed by atoms with Crippen LogP contribution in [0.1, 0.15) is 21.6 Å². The summed E-state index contributed by atoms with van der Waals surface area (Å²) in [7, 11) is 0. The Bertz CT molecular complexity index is 945. The summed E-state index contributed by atoms with van der Waals surface area (Å²) < 4.78 is 0. The van der Waals surface area contributed by atoms with E-state index in [0.717, 1.165) is 16.8 Å². The average molecular weight is 354 g/mol. The molecule has 1 aromatic carbocycles. The molecule has 0 radical (unpaired) electrons. The van der Waals surface area contributed by atoms with Gasteiger partial charge in [0.05, 0.1) is 16.3 Å². The van der Waals surface area contributed by atoms with E-state index in [0.29, 0.717) is 22.8 Å². The zero-order valence-electron chi connectivity index (χ0n) is 13.5. The predicted molar refractivity (Wildman–Crippen MR) is 97.7 cm³/mol. The zero-order chi connectivity index (χ0) is 17.8. The highest BCUT2D eigenvalue weighted by atomic mass is 35.5. The fourth-order valence-corrected chi connectivity index (χ4v) is 2.78. The molecule has 3 rings (SSSR count). The number of aromatic amines is 1. The number of nitrogens with zero attached hydrogens (tertiary/aromatic N) is 1. The number of halogens is 1. The highest BCUT2D eigenvalue weighted by Crippen LogP contribution is 2.18. The van der Waals surface area contributed by atoms with Crippen molar-refractivity contribution in [2.24, 2.45) is 0 Å². The van der Waals surface area contributed by atoms with Crippen LogP contribution in [-0.2, 0) is 6.54 Å². The normalized spacial score (nSPS) is 10.5. The lowest BCUT2D eigenvalue weighted by Gasteiger charge is -2.09. The molecule has 0 spiro atoms. The number of aryl methyl sites for hydroxylation is 1. The minimum Gasteiger partial charge on any atom is -0.348 e. The SMILES string of the molecule is Cc1nccc(Cl)c1C(=O)NCc1ccc(-c2cccc(=O)[nH]2)cc1. The summed E-state index contributed by atoms with van der Waals surface area (Å²) in [6.45, 7) is 2.12. The standard InChI is InChI=1S/C19H16ClN3O2/c1-12-18(15(20)9-10-21-12)19(25)22-11-13-5-7-14(8-6-13)16-3-2-4-17(24)23-16/h2-10H,11H2,1H3,(H,22,25)(H,23,24). The molecule has 0 atom stereocenters. The molecule has 0 saturated carbocycles. The highest BCUT2D eigenvalue weighted by Gasteiger charge is 2.13. The van der Waals surface area contributed by atoms with Gasteiger partial charge in [-0.3, -0.25) is 14.6 Å². The summed E-state index contributed by atoms with van der Waals surface area (Å²) >= 11 is 6.08. The van der Waals surface area contributed by atoms with Gasteiger partial charge in [-0.25, -0.2) is 0 Å². The van der Waals surface area contributed by atoms with Crippen LogP contribution in [0.25, 0.3) is 11.3 Å². The summed E-state index contributed by atoms with van der Waals surface area (Å²) in [6, 6.07) is 14.2. The third kappa shape index (κ3) is 3.95. The molecule has 2 aromatic heterocycles. The molecular weight excluding hydrogens is 338 g/mol. The van der Waals surface area contributed by atoms with Crippen LogP contribution < -0.4 is 10.9 Å². The van der Waals surface area contributed by atoms with Crippen molar-refractivity contribution in [3.05, 3.63) is 86.9 Å². The summed E-state index contributed by atoms with van der Waals surface area (Å²) in [4.78, 5) is 30.6. The van der Waals surface area contributed by atoms with Crippen molar-refractivity contribution in [2.75, 3.05) is 0 Å². The summed E-state index contributed by atoms with van der Waals surface area (Å²) in [6.07, 6.45) is 1.57. The molecule has 5 nitrogen and oxygen atoms in total. The lowest BCUT2D eigenvalue weighted by molar-refractivity contribution is 0.0950. The van der Waals surface area contributed by atoms with Gasteiger partial charge < -0.3 is 10.3 Å². The zero-order valence-corrected chi connectivity index (χ0v) is 14.3. The van der Waals surface area contributed by atoms with Gasteiger partial charge in [0.1, 0.15) is 0 Å². The number of carbonyl (C=O) groups excluding carboxylic acids is 1. The Morgan fingerprint density at radius 1 is 1.16 bits per heavy atom. The van der Waals surface area contributed by atoms with Gasteiger partial charge in [0.15, 0.2) is 0 Å². The molecule has 2 N–H and O–H groups in total. The van der Waals surface area contributed by atoms with E-state index >= 15 is 0 Å². The van der Waals surface area contributed by atoms with E-state index in [1.165, 1.54) is 6.07 Å². The van der Waals surface area contributed by atoms with Crippen molar-refractivity contribution >= 4 is 17.5 Å². The number of nitrogens with one attached hydrogen (secondary N) is 2. The van der Waals surface area contributed by atoms with Crippen LogP contribution in [0, 0.1) is 6.92 Å². The van der Waals surface area contributed by atoms with Gasteiger partial charge in [0.25, 0.3) is 5.91 Å². The maximum absolute atomic E-state index is 12.3. The topological polar surface area (TPSA) is 74.8 Å². The monoisotopic (exact) mass is 353 g/mol. The van der Waals surface area contributed by atoms with Crippen LogP contribution >= 0.6 is 11.6 Å². The van der Waals surface area contributed by atoms with E-state index in [1.54, 1.807) is 25.3 Å². The predicted octanol–water partition coefficient (Wildman–Crippen LogP) is 3.33. The summed E-state index contributed by atoms with van der Waals surface area (Å²) in [5.41, 5.74) is 3.43. The Labute approximate surface area is 149 Å². The quantitative estimate of drug-likeness (QED) is 0.755. The lowest BCUT2D eigenvalue weighted by atomic mass is 10.1. The average Bonchev–Trinajstić information content (AvgIpc) is 2.60. The fourth-order valence-electron chi connectivity index (χ4n) is 2.50. The third-order valence-corrected chi connectivity index (χ3v) is 4.12. The smallest absolute Gasteiger partial charge is 0.254 e. The first-order valence-corrected chi connectivity index (χ1v) is 8.10. The van der Waals surface area contributed by atoms with Crippen LogP contribution in [0.3, 0.4) is 0 Å². The molecule has 3 aromatic rings. The van der Waals surface area contributed by atoms with Crippen molar-refractivity contribution in [1.29, 1.82) is 0 Å². The van der Waals surface area contributed by atoms with Crippen LogP contribution in [0.5, 0.6) is 0 Å². The number of pyridine rings is 2. The molecule has 126 valence electrons. The number of hydrogen-bond acceptors (Lipinski definition) is 3. The minimum absolute atomic E-state index is 0.141. The van der Waals surface area contributed by atoms with Gasteiger partial charge in [-0.05, 0) is 30.2 Å². The second kappa shape index (κ2) is 7.32. The molecule has 0 fully saturated rings. The summed E-state index contributed by atoms with van der Waals surface area (Å²) in [5.74, 6) is -0.257. The molecule has 0 unspecified atom stereocenters. The van der Waals surface area contributed by atoms with E-state index in [4.69, 9.17) is 11.6 Å². The number of rotatable bonds is 4. The number of benzene rings is 1. The van der Waals surface area contributed by atoms with Crippen molar-refractivity contribution in [1.82, 2.24) is 15.3 Å². The molecule has 6 heteroatoms. The molecule has 2 heterocycles. The summed E-state index contributed by atoms with van der Waals surface area (Å²) in [5, 5.41) is 3.23. The van der Waals surface area contributed by atoms with Crippen molar-refractivity contribution in [2.45, 2.75) is 13.5 Å². The first-order valence-electron chi connectivity index (χ1n) is 7.72. The van der Waals surface area contributed by atoms with Crippen molar-refractivity contribution < 1.29 is 4.79 Å². The van der Waals surface area contributed by atoms with Crippen molar-refractivity contribution in [3.63, 3.8) is 0 Å². The molecule has 0 saturated heterocycles. The number of H-pyrrole nitrogens is 1. The molecule has 0 aliphatic carbocycles. The second-order valence-electron chi connectivity index (χ2n) is 5.56. The van der Waals surface area contributed by atoms with Crippen LogP contribution in [0.2, 0.25) is 5.02 Å². The molecular formula is C19H16ClN3O2. The fraction of sp³-hybridized carbons (Fsp3) is 0.105. The lowest BCUT2D eigenvalue weighted by Crippen LogP contribution is -2.24. The Balaban J connectivity index is 1.70. The van der Waals surface area contributed by atoms with Crippen LogP contribution in [-0.4, -0.2) is 15.9 Å². The highest BCUT2D eigenvalue weighted by molar-refractivity contribution is 6.33. The van der Waals surface area contributed by atoms with Crippen molar-refractivity contribution in [3.8, 4) is 11.3 Å². The maximum Gasteiger partial charge on any atom is 0.254 e. The molecule has 25 heavy (non-hydrogen) atoms. The number of aromatic nitrogens is 2. The Morgan fingerprint density at radius 2 is 1.92 bits per heavy atom. The first-order chi connectivity index (χ1) is 12.0. The Kier molecular flexibility index (Phi) is 4.95. The second-order valence-corrected chi connectivity index (χ2v) is 5.97. The van der Waals surface area contributed by atoms with E-state index in [1.807, 2.05) is 30.3 Å². The van der Waals surface area contributed by atoms with Gasteiger partial charge in [0.2, 0.25) is 5.56 Å². The van der Waals surface area contributed by atoms with Crippen LogP contribution in [0.4, 0.5) is 0 Å². The van der Waals surface area contributed by atoms with Gasteiger partial charge in [-0.15, -0.1) is 0 Å². The third-order valence-electron chi connectivity index (χ3n) is 3.80. The minimum atomic E-state index is -0.257. The van der Waals surface area contributed by atoms with Gasteiger partial charge in [-0.2, -0.15) is 0 Å². The molecule has 0 bridgehead atoms. The maximum atomic E-state index is 12.3. The Morgan fingerprint density at radius 3 is 2.60 bits per heavy atom. The number of hydrogen-bond donors (Lipinski definition) is 2. The molecule has 1 amide bonds. The van der Waals surface area contributed by atoms with Gasteiger partial charge in [-0.1, -0.05) is 41.9 Å². The Hall–Kier alpha value is -2.92. The van der Waals surface area contributed by atoms with Gasteiger partial charge in [0, 0.05) is 24.5 Å². The molecule has 0 aliphatic rings. The number of carbonyl (C=O) groups is 1. The van der Waals surface area contributed by atoms with Gasteiger partial charge >= 0.3 is 0 Å². The number of amides is 1.